The fourth-order valence-electron chi connectivity index (χ4n) is 10.8. The highest BCUT2D eigenvalue weighted by Gasteiger charge is 2.37. The van der Waals surface area contributed by atoms with Crippen molar-refractivity contribution in [3.63, 3.8) is 0 Å². The molecule has 0 spiro atoms. The van der Waals surface area contributed by atoms with E-state index in [1.807, 2.05) is 83.1 Å². The summed E-state index contributed by atoms with van der Waals surface area (Å²) in [7, 11) is -27.9. The van der Waals surface area contributed by atoms with Crippen molar-refractivity contribution in [1.29, 1.82) is 0 Å². The average Bonchev–Trinajstić information content (AvgIpc) is 1.64. The zero-order valence-electron chi connectivity index (χ0n) is 91.7. The molecule has 0 saturated heterocycles. The minimum Gasteiger partial charge on any atom is -0.432 e. The molecule has 141 heavy (non-hydrogen) atoms. The SMILES string of the molecule is CC(C)(C)C1CCCC1.CC(C)(C)C1CCCCC1.CC(C)(C)CS(=O)(=O)NC1CC1.CC(C)(C)CS(C)(=O)=O.CC(C)(C)S(=O)(=O)Nc1cccnc1.CC(C)(C)S(=O)(=O)Nc1ccncc1.CC(C)(C)S(=O)(=O)Nc1ncc[nH]1.CC(C)(C)S(=O)(=O)Nc1ncco1.CC(C)(C)S(=O)(=O)Nc1nccs1.CNS(=O)(=O)CC(C)(C)C.COS(=O)(=O)CC(C)(C)C.Cn1ccc(NS(=O)(=O)C(C)(C)C)n1. The van der Waals surface area contributed by atoms with Crippen molar-refractivity contribution in [3.8, 4) is 0 Å². The summed E-state index contributed by atoms with van der Waals surface area (Å²) in [4.78, 5) is 21.6. The monoisotopic (exact) mass is 2210 g/mol. The zero-order chi connectivity index (χ0) is 111. The molecule has 3 aliphatic rings. The van der Waals surface area contributed by atoms with Gasteiger partial charge >= 0.3 is 6.01 Å². The van der Waals surface area contributed by atoms with Gasteiger partial charge in [-0.3, -0.25) is 42.4 Å². The molecule has 0 unspecified atom stereocenters. The molecule has 38 nitrogen and oxygen atoms in total. The van der Waals surface area contributed by atoms with Crippen LogP contribution in [0.15, 0.2) is 102 Å². The number of hydrogen-bond donors (Lipinski definition) is 9. The van der Waals surface area contributed by atoms with Crippen LogP contribution in [-0.4, -0.2) is 202 Å². The number of aryl methyl sites for hydroxylation is 1. The van der Waals surface area contributed by atoms with Crippen LogP contribution in [0.4, 0.5) is 34.3 Å². The number of rotatable bonds is 20. The maximum atomic E-state index is 11.7. The second kappa shape index (κ2) is 56.2. The van der Waals surface area contributed by atoms with Gasteiger partial charge < -0.3 is 9.40 Å². The van der Waals surface area contributed by atoms with E-state index in [1.54, 1.807) is 209 Å². The summed E-state index contributed by atoms with van der Waals surface area (Å²) in [6, 6.07) is 8.42. The zero-order valence-corrected chi connectivity index (χ0v) is 101. The molecule has 0 aliphatic heterocycles. The number of anilines is 6. The Labute approximate surface area is 856 Å². The molecule has 9 N–H and O–H groups in total. The predicted molar refractivity (Wildman–Crippen MR) is 581 cm³/mol. The van der Waals surface area contributed by atoms with E-state index in [0.29, 0.717) is 33.2 Å². The van der Waals surface area contributed by atoms with E-state index in [2.05, 4.69) is 119 Å². The van der Waals surface area contributed by atoms with Crippen LogP contribution in [0.1, 0.15) is 320 Å². The Hall–Kier alpha value is -6.26. The van der Waals surface area contributed by atoms with Crippen LogP contribution in [0.5, 0.6) is 0 Å². The summed E-state index contributed by atoms with van der Waals surface area (Å²) in [5.74, 6) is 3.33. The van der Waals surface area contributed by atoms with Crippen molar-refractivity contribution in [1.82, 2.24) is 49.1 Å². The lowest BCUT2D eigenvalue weighted by molar-refractivity contribution is 0.180. The van der Waals surface area contributed by atoms with Gasteiger partial charge in [0.25, 0.3) is 10.1 Å². The van der Waals surface area contributed by atoms with Crippen LogP contribution in [0.25, 0.3) is 0 Å². The van der Waals surface area contributed by atoms with Gasteiger partial charge in [-0.05, 0) is 239 Å². The number of sulfone groups is 1. The summed E-state index contributed by atoms with van der Waals surface area (Å²) in [5.41, 5.74) is 1.53. The Morgan fingerprint density at radius 2 is 0.801 bits per heavy atom. The number of hydrogen-bond acceptors (Lipinski definition) is 29. The van der Waals surface area contributed by atoms with Crippen molar-refractivity contribution in [3.05, 3.63) is 97.7 Å². The largest absolute Gasteiger partial charge is 0.432 e. The number of H-pyrrole nitrogens is 1. The molecule has 6 heterocycles. The van der Waals surface area contributed by atoms with E-state index in [9.17, 15) is 84.2 Å². The minimum atomic E-state index is -3.43. The first kappa shape index (κ1) is 139. The van der Waals surface area contributed by atoms with Crippen LogP contribution in [-0.2, 0) is 111 Å². The quantitative estimate of drug-likeness (QED) is 0.0321. The summed E-state index contributed by atoms with van der Waals surface area (Å²) < 4.78 is 252. The molecule has 3 aliphatic carbocycles. The lowest BCUT2D eigenvalue weighted by atomic mass is 9.72. The number of sulfonamides is 8. The van der Waals surface area contributed by atoms with Crippen molar-refractivity contribution in [2.45, 2.75) is 354 Å². The Balaban J connectivity index is -0.00000148. The smallest absolute Gasteiger partial charge is 0.308 e. The highest BCUT2D eigenvalue weighted by atomic mass is 32.2. The molecule has 3 saturated carbocycles. The fraction of sp³-hybridized carbons (Fsp3) is 0.761. The molecule has 0 atom stereocenters. The predicted octanol–water partition coefficient (Wildman–Crippen LogP) is 18.7. The minimum absolute atomic E-state index is 0.00470. The first-order valence-electron chi connectivity index (χ1n) is 46.2. The molecule has 824 valence electrons. The summed E-state index contributed by atoms with van der Waals surface area (Å²) >= 11 is 1.26. The highest BCUT2D eigenvalue weighted by molar-refractivity contribution is 7.95. The lowest BCUT2D eigenvalue weighted by Gasteiger charge is -2.33. The van der Waals surface area contributed by atoms with Crippen molar-refractivity contribution >= 4 is 146 Å². The number of nitrogens with zero attached hydrogens (tertiary/aromatic N) is 7. The Morgan fingerprint density at radius 3 is 1.09 bits per heavy atom. The Bertz CT molecular complexity index is 5470. The van der Waals surface area contributed by atoms with E-state index in [1.165, 1.54) is 114 Å². The lowest BCUT2D eigenvalue weighted by Crippen LogP contribution is -2.34. The van der Waals surface area contributed by atoms with Gasteiger partial charge in [-0.1, -0.05) is 157 Å². The van der Waals surface area contributed by atoms with Gasteiger partial charge in [0, 0.05) is 74.2 Å². The average molecular weight is 2210 g/mol. The number of oxazole rings is 1. The fourth-order valence-corrected chi connectivity index (χ4v) is 21.7. The van der Waals surface area contributed by atoms with Crippen molar-refractivity contribution in [2.24, 2.45) is 51.4 Å². The van der Waals surface area contributed by atoms with Gasteiger partial charge in [-0.25, -0.2) is 105 Å². The first-order chi connectivity index (χ1) is 62.6. The molecule has 6 aromatic heterocycles. The molecular formula is C92H178N16O22S11. The maximum Gasteiger partial charge on any atom is 0.308 e. The third kappa shape index (κ3) is 65.2. The van der Waals surface area contributed by atoms with Gasteiger partial charge in [-0.15, -0.1) is 11.3 Å². The molecule has 9 rings (SSSR count). The van der Waals surface area contributed by atoms with E-state index in [4.69, 9.17) is 4.42 Å². The highest BCUT2D eigenvalue weighted by Crippen LogP contribution is 2.40. The molecular weight excluding hydrogens is 2030 g/mol. The molecule has 49 heteroatoms. The normalized spacial score (nSPS) is 14.9. The van der Waals surface area contributed by atoms with E-state index in [-0.39, 0.29) is 62.7 Å². The third-order valence-corrected chi connectivity index (χ3v) is 39.4. The van der Waals surface area contributed by atoms with Gasteiger partial charge in [0.05, 0.1) is 82.4 Å². The Morgan fingerprint density at radius 1 is 0.411 bits per heavy atom. The standard InChI is InChI=1S/C10H20.2C9H14N2O2S.C9H18.C8H15N3O2S.C8H17NO2S.C7H13N3O2S.C7H12N2O3S.C7H12N2O2S2.C6H15NO2S.C6H14O3S.C6H14O2S/c1-10(2,3)9-7-5-4-6-8-9;1-9(2,3)14(12,13)11-8-4-6-10-7-5-8;1-9(2,3)14(12,13)11-8-5-4-6-10-7-8;1-9(2,3)8-6-4-5-7-8;1-8(2,3)14(12,13)10-7-5-6-11(4)9-7;1-8(2,3)6-12(10,11)9-7-4-5-7;1-7(2,3)13(11,12)10-6-8-4-5-9-6;2*1-7(2,3)13(10,11)9-6-8-4-5-12-6;1-6(2,3)5-10(8,9)7-4;1-6(2,3)5-10(7,8)9-4;1-6(2,3)5-9(4,7)8/h9H,4-8H2,1-3H3;4-7H,1-3H3,(H,10,11);4-7,11H,1-3H3;8H,4-7H2,1-3H3;5-6H,1-4H3,(H,9,10);7,9H,4-6H2,1-3H3;4-5H,1-3H3,(H2,8,9,10);2*4-5H,1-3H3,(H,8,9);7H,5H2,1-4H3;5H2,1-4H3;5H2,1-4H3. The van der Waals surface area contributed by atoms with Crippen LogP contribution < -0.4 is 37.8 Å². The van der Waals surface area contributed by atoms with Crippen molar-refractivity contribution < 1.29 is 92.8 Å². The number of aromatic amines is 1. The number of nitrogens with one attached hydrogen (secondary N) is 9. The van der Waals surface area contributed by atoms with E-state index >= 15 is 0 Å². The number of imidazole rings is 1. The van der Waals surface area contributed by atoms with Gasteiger partial charge in [0.15, 0.2) is 10.9 Å². The molecule has 0 amide bonds. The number of pyridine rings is 2. The van der Waals surface area contributed by atoms with E-state index < -0.39 is 129 Å². The second-order valence-corrected chi connectivity index (χ2v) is 70.2. The van der Waals surface area contributed by atoms with Gasteiger partial charge in [0.1, 0.15) is 16.1 Å². The second-order valence-electron chi connectivity index (χ2n) is 47.1. The molecule has 0 aromatic carbocycles. The molecule has 6 aromatic rings. The Kier molecular flexibility index (Phi) is 55.4. The molecule has 3 fully saturated rings. The number of aromatic nitrogens is 8. The van der Waals surface area contributed by atoms with Gasteiger partial charge in [0.2, 0.25) is 86.1 Å². The third-order valence-electron chi connectivity index (χ3n) is 19.1. The van der Waals surface area contributed by atoms with Crippen LogP contribution in [0.2, 0.25) is 0 Å². The topological polar surface area (TPSA) is 558 Å². The van der Waals surface area contributed by atoms with Crippen LogP contribution >= 0.6 is 11.3 Å². The molecule has 0 radical (unpaired) electrons. The van der Waals surface area contributed by atoms with Crippen LogP contribution in [0, 0.1) is 44.3 Å². The summed E-state index contributed by atoms with van der Waals surface area (Å²) in [5, 5.41) is 6.07. The molecule has 0 bridgehead atoms. The summed E-state index contributed by atoms with van der Waals surface area (Å²) in [6.45, 7) is 66.3. The first-order valence-corrected chi connectivity index (χ1v) is 62.9. The number of thiazole rings is 1. The van der Waals surface area contributed by atoms with Crippen LogP contribution in [0.3, 0.4) is 0 Å². The van der Waals surface area contributed by atoms with Crippen molar-refractivity contribution in [2.75, 3.05) is 71.8 Å². The van der Waals surface area contributed by atoms with E-state index in [0.717, 1.165) is 24.7 Å². The summed E-state index contributed by atoms with van der Waals surface area (Å²) in [6.07, 6.45) is 31.7. The van der Waals surface area contributed by atoms with Gasteiger partial charge in [-0.2, -0.15) is 13.5 Å². The maximum absolute atomic E-state index is 11.7.